The van der Waals surface area contributed by atoms with Gasteiger partial charge in [-0.1, -0.05) is 47.1 Å². The summed E-state index contributed by atoms with van der Waals surface area (Å²) in [7, 11) is 0. The van der Waals surface area contributed by atoms with Crippen molar-refractivity contribution in [2.75, 3.05) is 6.54 Å². The van der Waals surface area contributed by atoms with Crippen LogP contribution in [0, 0.1) is 6.92 Å². The number of aromatic nitrogens is 2. The fourth-order valence-corrected chi connectivity index (χ4v) is 3.77. The summed E-state index contributed by atoms with van der Waals surface area (Å²) >= 11 is 6.15. The van der Waals surface area contributed by atoms with Gasteiger partial charge in [-0.2, -0.15) is 4.98 Å². The SMILES string of the molecule is Cc1nc(-c2ccc(C(=O)N3CCCC3C(=O)NCc3ccccc3Cl)cc2)no1. The Bertz CT molecular complexity index is 1060. The molecule has 2 aromatic carbocycles. The Balaban J connectivity index is 1.43. The lowest BCUT2D eigenvalue weighted by Crippen LogP contribution is -2.45. The molecule has 4 rings (SSSR count). The molecular weight excluding hydrogens is 404 g/mol. The van der Waals surface area contributed by atoms with Gasteiger partial charge in [-0.3, -0.25) is 9.59 Å². The molecule has 1 aliphatic heterocycles. The molecule has 1 unspecified atom stereocenters. The normalized spacial score (nSPS) is 15.9. The highest BCUT2D eigenvalue weighted by molar-refractivity contribution is 6.31. The van der Waals surface area contributed by atoms with Crippen molar-refractivity contribution >= 4 is 23.4 Å². The number of carbonyl (C=O) groups excluding carboxylic acids is 2. The van der Waals surface area contributed by atoms with Gasteiger partial charge in [0.15, 0.2) is 0 Å². The Kier molecular flexibility index (Phi) is 5.81. The predicted molar refractivity (Wildman–Crippen MR) is 112 cm³/mol. The van der Waals surface area contributed by atoms with Crippen LogP contribution in [0.1, 0.15) is 34.7 Å². The molecule has 2 heterocycles. The summed E-state index contributed by atoms with van der Waals surface area (Å²) in [6.07, 6.45) is 1.43. The maximum Gasteiger partial charge on any atom is 0.254 e. The number of hydrogen-bond acceptors (Lipinski definition) is 5. The van der Waals surface area contributed by atoms with Gasteiger partial charge in [-0.25, -0.2) is 0 Å². The maximum absolute atomic E-state index is 13.0. The van der Waals surface area contributed by atoms with E-state index in [-0.39, 0.29) is 11.8 Å². The summed E-state index contributed by atoms with van der Waals surface area (Å²) in [6, 6.07) is 13.9. The van der Waals surface area contributed by atoms with Gasteiger partial charge >= 0.3 is 0 Å². The Morgan fingerprint density at radius 3 is 2.67 bits per heavy atom. The number of amides is 2. The number of nitrogens with zero attached hydrogens (tertiary/aromatic N) is 3. The van der Waals surface area contributed by atoms with E-state index in [0.717, 1.165) is 17.5 Å². The monoisotopic (exact) mass is 424 g/mol. The number of hydrogen-bond donors (Lipinski definition) is 1. The second-order valence-electron chi connectivity index (χ2n) is 7.18. The van der Waals surface area contributed by atoms with Crippen molar-refractivity contribution in [3.63, 3.8) is 0 Å². The summed E-state index contributed by atoms with van der Waals surface area (Å²) in [6.45, 7) is 2.60. The lowest BCUT2D eigenvalue weighted by atomic mass is 10.1. The first-order chi connectivity index (χ1) is 14.5. The molecule has 1 N–H and O–H groups in total. The van der Waals surface area contributed by atoms with Gasteiger partial charge in [0.1, 0.15) is 6.04 Å². The van der Waals surface area contributed by atoms with Gasteiger partial charge in [-0.05, 0) is 36.6 Å². The molecule has 2 amide bonds. The number of halogens is 1. The van der Waals surface area contributed by atoms with E-state index in [9.17, 15) is 9.59 Å². The largest absolute Gasteiger partial charge is 0.350 e. The quantitative estimate of drug-likeness (QED) is 0.675. The van der Waals surface area contributed by atoms with Crippen molar-refractivity contribution in [2.24, 2.45) is 0 Å². The summed E-state index contributed by atoms with van der Waals surface area (Å²) < 4.78 is 4.99. The van der Waals surface area contributed by atoms with E-state index in [1.807, 2.05) is 18.2 Å². The van der Waals surface area contributed by atoms with Crippen molar-refractivity contribution < 1.29 is 14.1 Å². The first-order valence-corrected chi connectivity index (χ1v) is 10.1. The first kappa shape index (κ1) is 20.1. The van der Waals surface area contributed by atoms with Crippen LogP contribution in [0.4, 0.5) is 0 Å². The molecule has 0 aliphatic carbocycles. The van der Waals surface area contributed by atoms with Gasteiger partial charge in [-0.15, -0.1) is 0 Å². The van der Waals surface area contributed by atoms with Gasteiger partial charge in [0, 0.05) is 36.2 Å². The minimum atomic E-state index is -0.487. The molecule has 0 bridgehead atoms. The summed E-state index contributed by atoms with van der Waals surface area (Å²) in [5, 5.41) is 7.39. The standard InChI is InChI=1S/C22H21ClN4O3/c1-14-25-20(26-30-14)15-8-10-16(11-9-15)22(29)27-12-4-7-19(27)21(28)24-13-17-5-2-3-6-18(17)23/h2-3,5-6,8-11,19H,4,7,12-13H2,1H3,(H,24,28). The van der Waals surface area contributed by atoms with Crippen LogP contribution in [0.2, 0.25) is 5.02 Å². The van der Waals surface area contributed by atoms with E-state index in [0.29, 0.717) is 41.8 Å². The summed E-state index contributed by atoms with van der Waals surface area (Å²) in [5.41, 5.74) is 2.12. The number of likely N-dealkylation sites (tertiary alicyclic amines) is 1. The molecular formula is C22H21ClN4O3. The Morgan fingerprint density at radius 1 is 1.20 bits per heavy atom. The topological polar surface area (TPSA) is 88.3 Å². The molecule has 0 saturated carbocycles. The summed E-state index contributed by atoms with van der Waals surface area (Å²) in [5.74, 6) is 0.623. The highest BCUT2D eigenvalue weighted by Gasteiger charge is 2.34. The lowest BCUT2D eigenvalue weighted by Gasteiger charge is -2.24. The Morgan fingerprint density at radius 2 is 1.97 bits per heavy atom. The van der Waals surface area contributed by atoms with Crippen molar-refractivity contribution in [3.8, 4) is 11.4 Å². The number of nitrogens with one attached hydrogen (secondary N) is 1. The molecule has 154 valence electrons. The van der Waals surface area contributed by atoms with Crippen LogP contribution < -0.4 is 5.32 Å². The Hall–Kier alpha value is -3.19. The van der Waals surface area contributed by atoms with E-state index in [1.54, 1.807) is 42.2 Å². The first-order valence-electron chi connectivity index (χ1n) is 9.76. The fourth-order valence-electron chi connectivity index (χ4n) is 3.57. The fraction of sp³-hybridized carbons (Fsp3) is 0.273. The second kappa shape index (κ2) is 8.67. The third-order valence-corrected chi connectivity index (χ3v) is 5.51. The van der Waals surface area contributed by atoms with E-state index >= 15 is 0 Å². The van der Waals surface area contributed by atoms with Crippen LogP contribution in [0.5, 0.6) is 0 Å². The number of rotatable bonds is 5. The molecule has 0 spiro atoms. The molecule has 8 heteroatoms. The maximum atomic E-state index is 13.0. The number of benzene rings is 2. The molecule has 1 aromatic heterocycles. The minimum absolute atomic E-state index is 0.166. The van der Waals surface area contributed by atoms with Crippen molar-refractivity contribution in [1.82, 2.24) is 20.4 Å². The molecule has 1 fully saturated rings. The van der Waals surface area contributed by atoms with Crippen LogP contribution >= 0.6 is 11.6 Å². The lowest BCUT2D eigenvalue weighted by molar-refractivity contribution is -0.125. The van der Waals surface area contributed by atoms with Crippen molar-refractivity contribution in [3.05, 3.63) is 70.6 Å². The molecule has 1 atom stereocenters. The third-order valence-electron chi connectivity index (χ3n) is 5.14. The number of aryl methyl sites for hydroxylation is 1. The van der Waals surface area contributed by atoms with Gasteiger partial charge in [0.25, 0.3) is 5.91 Å². The molecule has 30 heavy (non-hydrogen) atoms. The number of carbonyl (C=O) groups is 2. The zero-order chi connectivity index (χ0) is 21.1. The second-order valence-corrected chi connectivity index (χ2v) is 7.59. The van der Waals surface area contributed by atoms with E-state index in [2.05, 4.69) is 15.5 Å². The van der Waals surface area contributed by atoms with Crippen LogP contribution in [0.25, 0.3) is 11.4 Å². The van der Waals surface area contributed by atoms with E-state index < -0.39 is 6.04 Å². The van der Waals surface area contributed by atoms with Crippen LogP contribution in [-0.2, 0) is 11.3 Å². The average Bonchev–Trinajstić information content (AvgIpc) is 3.42. The highest BCUT2D eigenvalue weighted by atomic mass is 35.5. The van der Waals surface area contributed by atoms with Gasteiger partial charge < -0.3 is 14.7 Å². The summed E-state index contributed by atoms with van der Waals surface area (Å²) in [4.78, 5) is 31.6. The minimum Gasteiger partial charge on any atom is -0.350 e. The zero-order valence-corrected chi connectivity index (χ0v) is 17.2. The van der Waals surface area contributed by atoms with E-state index in [4.69, 9.17) is 16.1 Å². The molecule has 1 aliphatic rings. The smallest absolute Gasteiger partial charge is 0.254 e. The van der Waals surface area contributed by atoms with Gasteiger partial charge in [0.05, 0.1) is 0 Å². The molecule has 0 radical (unpaired) electrons. The predicted octanol–water partition coefficient (Wildman–Crippen LogP) is 3.62. The van der Waals surface area contributed by atoms with Crippen molar-refractivity contribution in [2.45, 2.75) is 32.4 Å². The zero-order valence-electron chi connectivity index (χ0n) is 16.5. The van der Waals surface area contributed by atoms with E-state index in [1.165, 1.54) is 0 Å². The van der Waals surface area contributed by atoms with Crippen LogP contribution in [-0.4, -0.2) is 39.4 Å². The van der Waals surface area contributed by atoms with Crippen molar-refractivity contribution in [1.29, 1.82) is 0 Å². The highest BCUT2D eigenvalue weighted by Crippen LogP contribution is 2.23. The van der Waals surface area contributed by atoms with Gasteiger partial charge in [0.2, 0.25) is 17.6 Å². The Labute approximate surface area is 179 Å². The van der Waals surface area contributed by atoms with Crippen LogP contribution in [0.3, 0.4) is 0 Å². The molecule has 7 nitrogen and oxygen atoms in total. The molecule has 1 saturated heterocycles. The average molecular weight is 425 g/mol. The molecule has 3 aromatic rings. The van der Waals surface area contributed by atoms with Crippen LogP contribution in [0.15, 0.2) is 53.1 Å². The third kappa shape index (κ3) is 4.21.